The lowest BCUT2D eigenvalue weighted by Crippen LogP contribution is -2.14. The first-order chi connectivity index (χ1) is 8.74. The second-order valence-corrected chi connectivity index (χ2v) is 4.83. The lowest BCUT2D eigenvalue weighted by molar-refractivity contribution is 0.103. The molecule has 3 heteroatoms. The summed E-state index contributed by atoms with van der Waals surface area (Å²) < 4.78 is 0. The van der Waals surface area contributed by atoms with Gasteiger partial charge in [0.05, 0.1) is 0 Å². The van der Waals surface area contributed by atoms with Crippen molar-refractivity contribution < 1.29 is 4.79 Å². The van der Waals surface area contributed by atoms with Crippen LogP contribution in [0.4, 0.5) is 0 Å². The Balaban J connectivity index is 2.34. The first kappa shape index (κ1) is 11.3. The summed E-state index contributed by atoms with van der Waals surface area (Å²) >= 11 is 1.15. The standard InChI is InChI=1S/C15H11NOS/c1-9-10-5-2-3-6-11(10)15(17)12-7-4-8-13(18-16)14(9)12/h2-8H,1,16H2. The molecule has 2 aromatic rings. The number of rotatable bonds is 1. The highest BCUT2D eigenvalue weighted by atomic mass is 32.2. The van der Waals surface area contributed by atoms with Gasteiger partial charge >= 0.3 is 0 Å². The third-order valence-electron chi connectivity index (χ3n) is 3.20. The fraction of sp³-hybridized carbons (Fsp3) is 0. The number of nitrogens with two attached hydrogens (primary N) is 1. The molecule has 18 heavy (non-hydrogen) atoms. The second-order valence-electron chi connectivity index (χ2n) is 4.15. The lowest BCUT2D eigenvalue weighted by atomic mass is 9.82. The van der Waals surface area contributed by atoms with Gasteiger partial charge in [0.2, 0.25) is 0 Å². The van der Waals surface area contributed by atoms with Crippen molar-refractivity contribution in [3.63, 3.8) is 0 Å². The number of fused-ring (bicyclic) bond motifs is 2. The number of benzene rings is 2. The van der Waals surface area contributed by atoms with Crippen molar-refractivity contribution in [2.24, 2.45) is 5.14 Å². The Morgan fingerprint density at radius 2 is 1.61 bits per heavy atom. The van der Waals surface area contributed by atoms with Gasteiger partial charge in [-0.25, -0.2) is 0 Å². The zero-order valence-corrected chi connectivity index (χ0v) is 10.5. The monoisotopic (exact) mass is 253 g/mol. The van der Waals surface area contributed by atoms with Crippen LogP contribution >= 0.6 is 11.9 Å². The number of carbonyl (C=O) groups excluding carboxylic acids is 1. The fourth-order valence-corrected chi connectivity index (χ4v) is 2.86. The van der Waals surface area contributed by atoms with E-state index in [0.717, 1.165) is 33.5 Å². The van der Waals surface area contributed by atoms with Crippen LogP contribution in [0.3, 0.4) is 0 Å². The zero-order chi connectivity index (χ0) is 12.7. The first-order valence-corrected chi connectivity index (χ1v) is 6.45. The third kappa shape index (κ3) is 1.45. The van der Waals surface area contributed by atoms with Gasteiger partial charge < -0.3 is 0 Å². The van der Waals surface area contributed by atoms with Gasteiger partial charge in [-0.2, -0.15) is 0 Å². The molecule has 0 saturated heterocycles. The van der Waals surface area contributed by atoms with Crippen LogP contribution < -0.4 is 5.14 Å². The highest BCUT2D eigenvalue weighted by molar-refractivity contribution is 7.97. The van der Waals surface area contributed by atoms with Crippen molar-refractivity contribution in [3.8, 4) is 0 Å². The molecule has 0 aliphatic heterocycles. The largest absolute Gasteiger partial charge is 0.289 e. The summed E-state index contributed by atoms with van der Waals surface area (Å²) in [6.07, 6.45) is 0. The molecule has 0 atom stereocenters. The summed E-state index contributed by atoms with van der Waals surface area (Å²) in [5.41, 5.74) is 4.04. The van der Waals surface area contributed by atoms with E-state index < -0.39 is 0 Å². The Labute approximate surface area is 110 Å². The van der Waals surface area contributed by atoms with Gasteiger partial charge in [0.1, 0.15) is 0 Å². The second kappa shape index (κ2) is 4.12. The van der Waals surface area contributed by atoms with Gasteiger partial charge in [0.15, 0.2) is 5.78 Å². The van der Waals surface area contributed by atoms with Crippen LogP contribution in [-0.2, 0) is 0 Å². The summed E-state index contributed by atoms with van der Waals surface area (Å²) in [5.74, 6) is 0.0453. The molecule has 3 rings (SSSR count). The van der Waals surface area contributed by atoms with E-state index in [2.05, 4.69) is 6.58 Å². The van der Waals surface area contributed by atoms with Gasteiger partial charge in [-0.15, -0.1) is 0 Å². The minimum Gasteiger partial charge on any atom is -0.289 e. The molecule has 2 nitrogen and oxygen atoms in total. The van der Waals surface area contributed by atoms with E-state index in [1.54, 1.807) is 0 Å². The molecule has 88 valence electrons. The number of carbonyl (C=O) groups is 1. The maximum atomic E-state index is 12.4. The van der Waals surface area contributed by atoms with E-state index >= 15 is 0 Å². The Morgan fingerprint density at radius 1 is 0.944 bits per heavy atom. The molecule has 1 aliphatic carbocycles. The van der Waals surface area contributed by atoms with Crippen molar-refractivity contribution in [1.29, 1.82) is 0 Å². The summed E-state index contributed by atoms with van der Waals surface area (Å²) in [5, 5.41) is 5.67. The maximum Gasteiger partial charge on any atom is 0.194 e. The molecule has 0 heterocycles. The summed E-state index contributed by atoms with van der Waals surface area (Å²) in [6, 6.07) is 13.2. The van der Waals surface area contributed by atoms with E-state index in [1.807, 2.05) is 42.5 Å². The van der Waals surface area contributed by atoms with E-state index in [1.165, 1.54) is 0 Å². The molecule has 0 saturated carbocycles. The van der Waals surface area contributed by atoms with E-state index in [9.17, 15) is 4.79 Å². The molecule has 0 unspecified atom stereocenters. The molecule has 0 aromatic heterocycles. The molecule has 1 aliphatic rings. The van der Waals surface area contributed by atoms with Crippen molar-refractivity contribution >= 4 is 23.3 Å². The van der Waals surface area contributed by atoms with Crippen molar-refractivity contribution in [2.45, 2.75) is 4.90 Å². The molecule has 0 fully saturated rings. The molecule has 2 N–H and O–H groups in total. The third-order valence-corrected chi connectivity index (χ3v) is 3.79. The Bertz CT molecular complexity index is 676. The number of hydrogen-bond donors (Lipinski definition) is 1. The molecular formula is C15H11NOS. The quantitative estimate of drug-likeness (QED) is 0.677. The SMILES string of the molecule is C=C1c2ccccc2C(=O)c2cccc(SN)c21. The van der Waals surface area contributed by atoms with Gasteiger partial charge in [-0.05, 0) is 29.2 Å². The summed E-state index contributed by atoms with van der Waals surface area (Å²) in [4.78, 5) is 13.3. The van der Waals surface area contributed by atoms with Crippen molar-refractivity contribution in [3.05, 3.63) is 71.3 Å². The molecular weight excluding hydrogens is 242 g/mol. The highest BCUT2D eigenvalue weighted by Crippen LogP contribution is 2.38. The summed E-state index contributed by atoms with van der Waals surface area (Å²) in [7, 11) is 0. The van der Waals surface area contributed by atoms with Gasteiger partial charge in [0, 0.05) is 21.6 Å². The zero-order valence-electron chi connectivity index (χ0n) is 9.64. The van der Waals surface area contributed by atoms with Crippen LogP contribution in [-0.4, -0.2) is 5.78 Å². The molecule has 2 aromatic carbocycles. The van der Waals surface area contributed by atoms with Gasteiger partial charge in [-0.3, -0.25) is 9.93 Å². The molecule has 0 spiro atoms. The fourth-order valence-electron chi connectivity index (χ4n) is 2.35. The van der Waals surface area contributed by atoms with Crippen LogP contribution in [0.1, 0.15) is 27.0 Å². The Morgan fingerprint density at radius 3 is 2.33 bits per heavy atom. The average molecular weight is 253 g/mol. The predicted octanol–water partition coefficient (Wildman–Crippen LogP) is 3.26. The number of hydrogen-bond acceptors (Lipinski definition) is 3. The van der Waals surface area contributed by atoms with E-state index in [4.69, 9.17) is 5.14 Å². The Kier molecular flexibility index (Phi) is 2.58. The van der Waals surface area contributed by atoms with Crippen LogP contribution in [0, 0.1) is 0 Å². The van der Waals surface area contributed by atoms with Crippen molar-refractivity contribution in [1.82, 2.24) is 0 Å². The van der Waals surface area contributed by atoms with Gasteiger partial charge in [0.25, 0.3) is 0 Å². The minimum absolute atomic E-state index is 0.0453. The van der Waals surface area contributed by atoms with Crippen LogP contribution in [0.2, 0.25) is 0 Å². The number of ketones is 1. The maximum absolute atomic E-state index is 12.4. The van der Waals surface area contributed by atoms with Crippen molar-refractivity contribution in [2.75, 3.05) is 0 Å². The first-order valence-electron chi connectivity index (χ1n) is 5.57. The topological polar surface area (TPSA) is 43.1 Å². The molecule has 0 amide bonds. The van der Waals surface area contributed by atoms with E-state index in [0.29, 0.717) is 11.1 Å². The predicted molar refractivity (Wildman–Crippen MR) is 74.5 cm³/mol. The summed E-state index contributed by atoms with van der Waals surface area (Å²) in [6.45, 7) is 4.12. The molecule has 0 bridgehead atoms. The normalized spacial score (nSPS) is 13.2. The van der Waals surface area contributed by atoms with E-state index in [-0.39, 0.29) is 5.78 Å². The van der Waals surface area contributed by atoms with Gasteiger partial charge in [-0.1, -0.05) is 43.0 Å². The minimum atomic E-state index is 0.0453. The highest BCUT2D eigenvalue weighted by Gasteiger charge is 2.27. The molecule has 0 radical (unpaired) electrons. The van der Waals surface area contributed by atoms with Crippen LogP contribution in [0.25, 0.3) is 5.57 Å². The smallest absolute Gasteiger partial charge is 0.194 e. The van der Waals surface area contributed by atoms with Crippen LogP contribution in [0.5, 0.6) is 0 Å². The Hall–Kier alpha value is -1.84. The van der Waals surface area contributed by atoms with Crippen LogP contribution in [0.15, 0.2) is 53.9 Å². The lowest BCUT2D eigenvalue weighted by Gasteiger charge is -2.22. The average Bonchev–Trinajstić information content (AvgIpc) is 2.44.